The first-order valence-corrected chi connectivity index (χ1v) is 12.0. The Balaban J connectivity index is 1.52. The Hall–Kier alpha value is -3.07. The summed E-state index contributed by atoms with van der Waals surface area (Å²) in [4.78, 5) is 26.0. The van der Waals surface area contributed by atoms with Crippen LogP contribution in [0.4, 0.5) is 5.13 Å². The average Bonchev–Trinajstić information content (AvgIpc) is 3.28. The highest BCUT2D eigenvalue weighted by atomic mass is 79.9. The van der Waals surface area contributed by atoms with Crippen molar-refractivity contribution in [1.82, 2.24) is 15.5 Å². The van der Waals surface area contributed by atoms with Crippen molar-refractivity contribution in [2.75, 3.05) is 5.32 Å². The van der Waals surface area contributed by atoms with Gasteiger partial charge in [-0.15, -0.1) is 10.2 Å². The molecule has 0 radical (unpaired) electrons. The van der Waals surface area contributed by atoms with E-state index < -0.39 is 6.04 Å². The second kappa shape index (κ2) is 10.7. The predicted octanol–water partition coefficient (Wildman–Crippen LogP) is 5.60. The van der Waals surface area contributed by atoms with Gasteiger partial charge in [-0.25, -0.2) is 0 Å². The minimum atomic E-state index is -0.810. The Bertz CT molecular complexity index is 1260. The molecule has 4 rings (SSSR count). The van der Waals surface area contributed by atoms with Crippen LogP contribution in [0.2, 0.25) is 5.02 Å². The van der Waals surface area contributed by atoms with Crippen molar-refractivity contribution < 1.29 is 9.59 Å². The predicted molar refractivity (Wildman–Crippen MR) is 135 cm³/mol. The third-order valence-corrected chi connectivity index (χ3v) is 6.60. The Morgan fingerprint density at radius 1 is 0.939 bits per heavy atom. The van der Waals surface area contributed by atoms with E-state index in [1.54, 1.807) is 30.3 Å². The van der Waals surface area contributed by atoms with E-state index in [2.05, 4.69) is 36.8 Å². The number of carbonyl (C=O) groups is 2. The van der Waals surface area contributed by atoms with Crippen molar-refractivity contribution in [2.45, 2.75) is 12.5 Å². The lowest BCUT2D eigenvalue weighted by Gasteiger charge is -2.18. The molecule has 33 heavy (non-hydrogen) atoms. The van der Waals surface area contributed by atoms with Crippen molar-refractivity contribution in [3.8, 4) is 10.6 Å². The summed E-state index contributed by atoms with van der Waals surface area (Å²) in [5.41, 5.74) is 2.22. The first-order chi connectivity index (χ1) is 16.0. The molecule has 3 aromatic carbocycles. The fourth-order valence-corrected chi connectivity index (χ4v) is 4.46. The summed E-state index contributed by atoms with van der Waals surface area (Å²) in [6, 6.07) is 23.0. The van der Waals surface area contributed by atoms with Crippen molar-refractivity contribution >= 4 is 55.8 Å². The monoisotopic (exact) mass is 540 g/mol. The van der Waals surface area contributed by atoms with Crippen LogP contribution in [0, 0.1) is 0 Å². The molecule has 0 aliphatic carbocycles. The number of nitrogens with zero attached hydrogens (tertiary/aromatic N) is 2. The number of aromatic nitrogens is 2. The number of hydrogen-bond acceptors (Lipinski definition) is 5. The normalized spacial score (nSPS) is 11.6. The van der Waals surface area contributed by atoms with Crippen LogP contribution in [0.25, 0.3) is 10.6 Å². The Morgan fingerprint density at radius 3 is 2.36 bits per heavy atom. The SMILES string of the molecule is O=C(N[C@H](Cc1ccccc1)C(=O)Nc1nnc(-c2ccc(Cl)cc2)s1)c1ccccc1Br. The fraction of sp³-hybridized carbons (Fsp3) is 0.0833. The molecule has 0 aliphatic rings. The molecule has 0 saturated heterocycles. The molecule has 2 amide bonds. The average molecular weight is 542 g/mol. The maximum absolute atomic E-state index is 13.1. The number of carbonyl (C=O) groups excluding carboxylic acids is 2. The van der Waals surface area contributed by atoms with E-state index in [-0.39, 0.29) is 11.8 Å². The molecular formula is C24H18BrClN4O2S. The molecule has 0 unspecified atom stereocenters. The van der Waals surface area contributed by atoms with Crippen LogP contribution in [0.3, 0.4) is 0 Å². The van der Waals surface area contributed by atoms with Gasteiger partial charge in [-0.2, -0.15) is 0 Å². The second-order valence-electron chi connectivity index (χ2n) is 7.10. The van der Waals surface area contributed by atoms with Gasteiger partial charge in [0.05, 0.1) is 5.56 Å². The first kappa shape index (κ1) is 23.1. The van der Waals surface area contributed by atoms with Crippen molar-refractivity contribution in [3.05, 3.63) is 99.5 Å². The van der Waals surface area contributed by atoms with Crippen LogP contribution in [-0.4, -0.2) is 28.1 Å². The number of nitrogens with one attached hydrogen (secondary N) is 2. The van der Waals surface area contributed by atoms with Gasteiger partial charge in [0.2, 0.25) is 11.0 Å². The molecule has 0 aliphatic heterocycles. The zero-order chi connectivity index (χ0) is 23.2. The summed E-state index contributed by atoms with van der Waals surface area (Å²) in [5.74, 6) is -0.726. The topological polar surface area (TPSA) is 84.0 Å². The highest BCUT2D eigenvalue weighted by Crippen LogP contribution is 2.27. The molecule has 4 aromatic rings. The lowest BCUT2D eigenvalue weighted by molar-refractivity contribution is -0.118. The molecule has 1 aromatic heterocycles. The van der Waals surface area contributed by atoms with Gasteiger partial charge in [0, 0.05) is 21.5 Å². The van der Waals surface area contributed by atoms with E-state index in [1.807, 2.05) is 48.5 Å². The van der Waals surface area contributed by atoms with Crippen LogP contribution in [0.5, 0.6) is 0 Å². The van der Waals surface area contributed by atoms with Gasteiger partial charge in [0.15, 0.2) is 0 Å². The largest absolute Gasteiger partial charge is 0.340 e. The lowest BCUT2D eigenvalue weighted by Crippen LogP contribution is -2.45. The number of benzene rings is 3. The minimum absolute atomic E-state index is 0.325. The molecule has 0 spiro atoms. The summed E-state index contributed by atoms with van der Waals surface area (Å²) in [7, 11) is 0. The van der Waals surface area contributed by atoms with E-state index in [4.69, 9.17) is 11.6 Å². The molecule has 6 nitrogen and oxygen atoms in total. The van der Waals surface area contributed by atoms with E-state index >= 15 is 0 Å². The standard InChI is InChI=1S/C24H18BrClN4O2S/c25-19-9-5-4-8-18(19)21(31)27-20(14-15-6-2-1-3-7-15)22(32)28-24-30-29-23(33-24)16-10-12-17(26)13-11-16/h1-13,20H,14H2,(H,27,31)(H,28,30,32)/t20-/m1/s1. The van der Waals surface area contributed by atoms with Crippen LogP contribution in [-0.2, 0) is 11.2 Å². The van der Waals surface area contributed by atoms with E-state index in [9.17, 15) is 9.59 Å². The zero-order valence-corrected chi connectivity index (χ0v) is 20.3. The van der Waals surface area contributed by atoms with Gasteiger partial charge in [-0.3, -0.25) is 14.9 Å². The van der Waals surface area contributed by atoms with Gasteiger partial charge in [-0.05, 0) is 45.8 Å². The Labute approximate surface area is 208 Å². The quantitative estimate of drug-likeness (QED) is 0.319. The maximum atomic E-state index is 13.1. The van der Waals surface area contributed by atoms with Crippen LogP contribution in [0.1, 0.15) is 15.9 Å². The highest BCUT2D eigenvalue weighted by Gasteiger charge is 2.24. The number of amides is 2. The summed E-state index contributed by atoms with van der Waals surface area (Å²) in [6.07, 6.45) is 0.325. The minimum Gasteiger partial charge on any atom is -0.340 e. The third kappa shape index (κ3) is 6.04. The number of anilines is 1. The molecule has 166 valence electrons. The molecule has 0 bridgehead atoms. The first-order valence-electron chi connectivity index (χ1n) is 9.99. The van der Waals surface area contributed by atoms with Crippen molar-refractivity contribution in [3.63, 3.8) is 0 Å². The van der Waals surface area contributed by atoms with E-state index in [0.717, 1.165) is 11.1 Å². The zero-order valence-electron chi connectivity index (χ0n) is 17.2. The Morgan fingerprint density at radius 2 is 1.64 bits per heavy atom. The fourth-order valence-electron chi connectivity index (χ4n) is 3.12. The summed E-state index contributed by atoms with van der Waals surface area (Å²) >= 11 is 10.6. The van der Waals surface area contributed by atoms with Gasteiger partial charge in [0.1, 0.15) is 11.0 Å². The number of rotatable bonds is 7. The van der Waals surface area contributed by atoms with Crippen LogP contribution in [0.15, 0.2) is 83.3 Å². The molecular weight excluding hydrogens is 524 g/mol. The second-order valence-corrected chi connectivity index (χ2v) is 9.37. The van der Waals surface area contributed by atoms with Gasteiger partial charge in [0.25, 0.3) is 5.91 Å². The highest BCUT2D eigenvalue weighted by molar-refractivity contribution is 9.10. The molecule has 1 atom stereocenters. The molecule has 1 heterocycles. The van der Waals surface area contributed by atoms with Crippen molar-refractivity contribution in [1.29, 1.82) is 0 Å². The molecule has 9 heteroatoms. The molecule has 0 fully saturated rings. The molecule has 2 N–H and O–H groups in total. The maximum Gasteiger partial charge on any atom is 0.253 e. The smallest absolute Gasteiger partial charge is 0.253 e. The van der Waals surface area contributed by atoms with E-state index in [1.165, 1.54) is 11.3 Å². The van der Waals surface area contributed by atoms with Gasteiger partial charge < -0.3 is 5.32 Å². The van der Waals surface area contributed by atoms with Crippen molar-refractivity contribution in [2.24, 2.45) is 0 Å². The Kier molecular flexibility index (Phi) is 7.49. The summed E-state index contributed by atoms with van der Waals surface area (Å²) in [5, 5.41) is 15.5. The molecule has 0 saturated carbocycles. The number of hydrogen-bond donors (Lipinski definition) is 2. The van der Waals surface area contributed by atoms with Crippen LogP contribution < -0.4 is 10.6 Å². The third-order valence-electron chi connectivity index (χ3n) is 4.77. The summed E-state index contributed by atoms with van der Waals surface area (Å²) < 4.78 is 0.651. The number of halogens is 2. The van der Waals surface area contributed by atoms with Gasteiger partial charge >= 0.3 is 0 Å². The van der Waals surface area contributed by atoms with Crippen LogP contribution >= 0.6 is 38.9 Å². The summed E-state index contributed by atoms with van der Waals surface area (Å²) in [6.45, 7) is 0. The lowest BCUT2D eigenvalue weighted by atomic mass is 10.0. The van der Waals surface area contributed by atoms with E-state index in [0.29, 0.717) is 31.6 Å². The van der Waals surface area contributed by atoms with Gasteiger partial charge in [-0.1, -0.05) is 77.5 Å².